The smallest absolute Gasteiger partial charge is 0.223 e. The van der Waals surface area contributed by atoms with Crippen LogP contribution in [0.1, 0.15) is 27.2 Å². The van der Waals surface area contributed by atoms with Crippen molar-refractivity contribution in [2.45, 2.75) is 27.2 Å². The van der Waals surface area contributed by atoms with Gasteiger partial charge in [0.1, 0.15) is 5.75 Å². The molecular weight excluding hydrogens is 228 g/mol. The molecule has 0 heterocycles. The van der Waals surface area contributed by atoms with Gasteiger partial charge in [0.15, 0.2) is 0 Å². The van der Waals surface area contributed by atoms with Gasteiger partial charge in [-0.1, -0.05) is 26.8 Å². The van der Waals surface area contributed by atoms with Crippen molar-refractivity contribution in [2.75, 3.05) is 18.9 Å². The number of nitrogen functional groups attached to an aromatic ring is 1. The summed E-state index contributed by atoms with van der Waals surface area (Å²) in [4.78, 5) is 11.5. The lowest BCUT2D eigenvalue weighted by Crippen LogP contribution is -2.32. The fourth-order valence-corrected chi connectivity index (χ4v) is 1.32. The number of benzene rings is 1. The number of ether oxygens (including phenoxy) is 1. The molecule has 0 fully saturated rings. The molecular formula is C14H22N2O2. The van der Waals surface area contributed by atoms with Crippen LogP contribution in [0.5, 0.6) is 5.75 Å². The van der Waals surface area contributed by atoms with Gasteiger partial charge in [0.25, 0.3) is 0 Å². The SMILES string of the molecule is CC(C)(C)CNC(=O)CCOc1cccc(N)c1. The van der Waals surface area contributed by atoms with E-state index in [1.54, 1.807) is 12.1 Å². The van der Waals surface area contributed by atoms with E-state index >= 15 is 0 Å². The Bertz CT molecular complexity index is 397. The Morgan fingerprint density at radius 3 is 2.72 bits per heavy atom. The summed E-state index contributed by atoms with van der Waals surface area (Å²) >= 11 is 0. The van der Waals surface area contributed by atoms with Gasteiger partial charge in [-0.2, -0.15) is 0 Å². The van der Waals surface area contributed by atoms with Gasteiger partial charge in [-0.15, -0.1) is 0 Å². The van der Waals surface area contributed by atoms with Gasteiger partial charge in [0, 0.05) is 18.3 Å². The van der Waals surface area contributed by atoms with E-state index in [4.69, 9.17) is 10.5 Å². The first-order valence-corrected chi connectivity index (χ1v) is 6.12. The second-order valence-corrected chi connectivity index (χ2v) is 5.51. The number of hydrogen-bond acceptors (Lipinski definition) is 3. The van der Waals surface area contributed by atoms with Crippen LogP contribution in [-0.2, 0) is 4.79 Å². The first kappa shape index (κ1) is 14.4. The zero-order valence-corrected chi connectivity index (χ0v) is 11.3. The summed E-state index contributed by atoms with van der Waals surface area (Å²) in [6.45, 7) is 7.27. The normalized spacial score (nSPS) is 11.1. The molecule has 0 saturated carbocycles. The van der Waals surface area contributed by atoms with Crippen LogP contribution >= 0.6 is 0 Å². The highest BCUT2D eigenvalue weighted by Crippen LogP contribution is 2.14. The number of hydrogen-bond donors (Lipinski definition) is 2. The minimum absolute atomic E-state index is 0.00817. The first-order chi connectivity index (χ1) is 8.37. The maximum absolute atomic E-state index is 11.5. The molecule has 0 saturated heterocycles. The molecule has 4 heteroatoms. The number of rotatable bonds is 5. The average Bonchev–Trinajstić information content (AvgIpc) is 2.25. The quantitative estimate of drug-likeness (QED) is 0.787. The Kier molecular flexibility index (Phi) is 5.01. The van der Waals surface area contributed by atoms with Crippen LogP contribution in [0.2, 0.25) is 0 Å². The molecule has 0 aliphatic heterocycles. The zero-order valence-electron chi connectivity index (χ0n) is 11.3. The van der Waals surface area contributed by atoms with Crippen molar-refractivity contribution < 1.29 is 9.53 Å². The predicted molar refractivity (Wildman–Crippen MR) is 73.4 cm³/mol. The number of carbonyl (C=O) groups is 1. The van der Waals surface area contributed by atoms with Crippen molar-refractivity contribution in [3.05, 3.63) is 24.3 Å². The van der Waals surface area contributed by atoms with E-state index in [1.807, 2.05) is 12.1 Å². The van der Waals surface area contributed by atoms with Crippen molar-refractivity contribution in [1.29, 1.82) is 0 Å². The molecule has 18 heavy (non-hydrogen) atoms. The van der Waals surface area contributed by atoms with E-state index in [9.17, 15) is 4.79 Å². The van der Waals surface area contributed by atoms with E-state index in [0.717, 1.165) is 0 Å². The molecule has 3 N–H and O–H groups in total. The Hall–Kier alpha value is -1.71. The highest BCUT2D eigenvalue weighted by molar-refractivity contribution is 5.76. The number of carbonyl (C=O) groups excluding carboxylic acids is 1. The molecule has 0 aromatic heterocycles. The minimum atomic E-state index is 0.00817. The molecule has 0 radical (unpaired) electrons. The molecule has 0 spiro atoms. The molecule has 0 aliphatic carbocycles. The van der Waals surface area contributed by atoms with Crippen LogP contribution < -0.4 is 15.8 Å². The molecule has 4 nitrogen and oxygen atoms in total. The lowest BCUT2D eigenvalue weighted by Gasteiger charge is -2.18. The Labute approximate surface area is 109 Å². The highest BCUT2D eigenvalue weighted by Gasteiger charge is 2.11. The van der Waals surface area contributed by atoms with E-state index in [0.29, 0.717) is 31.0 Å². The Morgan fingerprint density at radius 1 is 1.39 bits per heavy atom. The third-order valence-corrected chi connectivity index (χ3v) is 2.27. The summed E-state index contributed by atoms with van der Waals surface area (Å²) in [7, 11) is 0. The van der Waals surface area contributed by atoms with E-state index < -0.39 is 0 Å². The summed E-state index contributed by atoms with van der Waals surface area (Å²) in [5.41, 5.74) is 6.39. The summed E-state index contributed by atoms with van der Waals surface area (Å²) in [6.07, 6.45) is 0.352. The maximum atomic E-state index is 11.5. The molecule has 1 aromatic carbocycles. The molecule has 1 aromatic rings. The Balaban J connectivity index is 2.23. The predicted octanol–water partition coefficient (Wildman–Crippen LogP) is 2.20. The summed E-state index contributed by atoms with van der Waals surface area (Å²) < 4.78 is 5.45. The van der Waals surface area contributed by atoms with Crippen LogP contribution in [0.3, 0.4) is 0 Å². The first-order valence-electron chi connectivity index (χ1n) is 6.12. The standard InChI is InChI=1S/C14H22N2O2/c1-14(2,3)10-16-13(17)7-8-18-12-6-4-5-11(15)9-12/h4-6,9H,7-8,10,15H2,1-3H3,(H,16,17). The van der Waals surface area contributed by atoms with Crippen LogP contribution in [0.15, 0.2) is 24.3 Å². The summed E-state index contributed by atoms with van der Waals surface area (Å²) in [6, 6.07) is 7.18. The van der Waals surface area contributed by atoms with Gasteiger partial charge < -0.3 is 15.8 Å². The van der Waals surface area contributed by atoms with Crippen LogP contribution in [0.25, 0.3) is 0 Å². The second-order valence-electron chi connectivity index (χ2n) is 5.51. The summed E-state index contributed by atoms with van der Waals surface area (Å²) in [5, 5.41) is 2.88. The lowest BCUT2D eigenvalue weighted by atomic mass is 9.97. The van der Waals surface area contributed by atoms with Crippen molar-refractivity contribution in [3.63, 3.8) is 0 Å². The highest BCUT2D eigenvalue weighted by atomic mass is 16.5. The fraction of sp³-hybridized carbons (Fsp3) is 0.500. The van der Waals surface area contributed by atoms with Gasteiger partial charge in [-0.05, 0) is 17.5 Å². The maximum Gasteiger partial charge on any atom is 0.223 e. The lowest BCUT2D eigenvalue weighted by molar-refractivity contribution is -0.121. The monoisotopic (exact) mass is 250 g/mol. The van der Waals surface area contributed by atoms with Crippen LogP contribution in [0, 0.1) is 5.41 Å². The fourth-order valence-electron chi connectivity index (χ4n) is 1.32. The minimum Gasteiger partial charge on any atom is -0.493 e. The van der Waals surface area contributed by atoms with Crippen LogP contribution in [0.4, 0.5) is 5.69 Å². The third kappa shape index (κ3) is 6.13. The van der Waals surface area contributed by atoms with E-state index in [1.165, 1.54) is 0 Å². The molecule has 0 unspecified atom stereocenters. The number of nitrogens with one attached hydrogen (secondary N) is 1. The van der Waals surface area contributed by atoms with Gasteiger partial charge in [-0.3, -0.25) is 4.79 Å². The van der Waals surface area contributed by atoms with Crippen molar-refractivity contribution >= 4 is 11.6 Å². The second kappa shape index (κ2) is 6.28. The average molecular weight is 250 g/mol. The van der Waals surface area contributed by atoms with Gasteiger partial charge in [0.05, 0.1) is 13.0 Å². The van der Waals surface area contributed by atoms with Crippen molar-refractivity contribution in [1.82, 2.24) is 5.32 Å². The molecule has 0 bridgehead atoms. The van der Waals surface area contributed by atoms with Gasteiger partial charge >= 0.3 is 0 Å². The zero-order chi connectivity index (χ0) is 13.6. The molecule has 0 aliphatic rings. The Morgan fingerprint density at radius 2 is 2.11 bits per heavy atom. The van der Waals surface area contributed by atoms with E-state index in [-0.39, 0.29) is 11.3 Å². The van der Waals surface area contributed by atoms with Crippen molar-refractivity contribution in [3.8, 4) is 5.75 Å². The molecule has 1 amide bonds. The molecule has 1 rings (SSSR count). The molecule has 100 valence electrons. The summed E-state index contributed by atoms with van der Waals surface area (Å²) in [5.74, 6) is 0.701. The van der Waals surface area contributed by atoms with Crippen molar-refractivity contribution in [2.24, 2.45) is 5.41 Å². The van der Waals surface area contributed by atoms with Gasteiger partial charge in [-0.25, -0.2) is 0 Å². The topological polar surface area (TPSA) is 64.3 Å². The number of nitrogens with two attached hydrogens (primary N) is 1. The molecule has 0 atom stereocenters. The number of anilines is 1. The third-order valence-electron chi connectivity index (χ3n) is 2.27. The number of amides is 1. The van der Waals surface area contributed by atoms with E-state index in [2.05, 4.69) is 26.1 Å². The van der Waals surface area contributed by atoms with Crippen LogP contribution in [-0.4, -0.2) is 19.1 Å². The largest absolute Gasteiger partial charge is 0.493 e. The van der Waals surface area contributed by atoms with Gasteiger partial charge in [0.2, 0.25) is 5.91 Å².